The van der Waals surface area contributed by atoms with Crippen molar-refractivity contribution in [1.29, 1.82) is 0 Å². The Balaban J connectivity index is 1.96. The molecule has 0 unspecified atom stereocenters. The largest absolute Gasteiger partial charge is 0.324 e. The fourth-order valence-electron chi connectivity index (χ4n) is 3.33. The van der Waals surface area contributed by atoms with E-state index < -0.39 is 0 Å². The Hall–Kier alpha value is -2.88. The van der Waals surface area contributed by atoms with Crippen molar-refractivity contribution in [2.45, 2.75) is 40.2 Å². The maximum atomic E-state index is 12.7. The van der Waals surface area contributed by atoms with E-state index >= 15 is 0 Å². The zero-order chi connectivity index (χ0) is 18.8. The van der Waals surface area contributed by atoms with E-state index in [2.05, 4.69) is 19.2 Å². The van der Waals surface area contributed by atoms with Crippen molar-refractivity contribution in [3.8, 4) is 0 Å². The van der Waals surface area contributed by atoms with Crippen LogP contribution in [0.4, 0.5) is 5.69 Å². The molecule has 0 aliphatic rings. The number of benzene rings is 2. The van der Waals surface area contributed by atoms with Crippen molar-refractivity contribution in [1.82, 2.24) is 4.57 Å². The van der Waals surface area contributed by atoms with Crippen LogP contribution in [0.15, 0.2) is 53.3 Å². The van der Waals surface area contributed by atoms with E-state index in [0.717, 1.165) is 33.3 Å². The maximum Gasteiger partial charge on any atom is 0.251 e. The number of para-hydroxylation sites is 2. The lowest BCUT2D eigenvalue weighted by Crippen LogP contribution is -2.28. The Bertz CT molecular complexity index is 1030. The number of anilines is 1. The summed E-state index contributed by atoms with van der Waals surface area (Å²) < 4.78 is 1.53. The highest BCUT2D eigenvalue weighted by Gasteiger charge is 2.14. The lowest BCUT2D eigenvalue weighted by Gasteiger charge is -2.17. The van der Waals surface area contributed by atoms with Crippen molar-refractivity contribution in [3.63, 3.8) is 0 Å². The Kier molecular flexibility index (Phi) is 4.94. The third-order valence-corrected chi connectivity index (χ3v) is 4.72. The van der Waals surface area contributed by atoms with E-state index in [9.17, 15) is 9.59 Å². The second-order valence-corrected chi connectivity index (χ2v) is 7.01. The molecule has 0 atom stereocenters. The number of fused-ring (bicyclic) bond motifs is 1. The summed E-state index contributed by atoms with van der Waals surface area (Å²) in [5.74, 6) is 0.102. The monoisotopic (exact) mass is 348 g/mol. The number of rotatable bonds is 4. The molecule has 3 aromatic rings. The van der Waals surface area contributed by atoms with Gasteiger partial charge < -0.3 is 5.32 Å². The van der Waals surface area contributed by atoms with Crippen LogP contribution in [0, 0.1) is 13.8 Å². The van der Waals surface area contributed by atoms with E-state index in [1.165, 1.54) is 4.57 Å². The summed E-state index contributed by atoms with van der Waals surface area (Å²) in [6.07, 6.45) is 0. The Morgan fingerprint density at radius 1 is 1.04 bits per heavy atom. The van der Waals surface area contributed by atoms with Gasteiger partial charge in [0.1, 0.15) is 6.54 Å². The smallest absolute Gasteiger partial charge is 0.251 e. The molecule has 134 valence electrons. The molecule has 1 heterocycles. The number of hydrogen-bond donors (Lipinski definition) is 1. The number of aryl methyl sites for hydroxylation is 2. The molecule has 1 N–H and O–H groups in total. The van der Waals surface area contributed by atoms with Gasteiger partial charge in [-0.2, -0.15) is 0 Å². The van der Waals surface area contributed by atoms with E-state index in [1.54, 1.807) is 6.07 Å². The predicted molar refractivity (Wildman–Crippen MR) is 107 cm³/mol. The van der Waals surface area contributed by atoms with Crippen molar-refractivity contribution < 1.29 is 4.79 Å². The molecule has 0 spiro atoms. The number of carbonyl (C=O) groups is 1. The van der Waals surface area contributed by atoms with Crippen LogP contribution in [0.3, 0.4) is 0 Å². The molecule has 0 bridgehead atoms. The van der Waals surface area contributed by atoms with Crippen molar-refractivity contribution in [3.05, 3.63) is 75.6 Å². The molecule has 0 saturated carbocycles. The Morgan fingerprint density at radius 2 is 1.77 bits per heavy atom. The van der Waals surface area contributed by atoms with Crippen LogP contribution in [0.25, 0.3) is 10.9 Å². The van der Waals surface area contributed by atoms with Gasteiger partial charge in [-0.05, 0) is 42.5 Å². The molecular weight excluding hydrogens is 324 g/mol. The summed E-state index contributed by atoms with van der Waals surface area (Å²) in [7, 11) is 0. The summed E-state index contributed by atoms with van der Waals surface area (Å²) in [6.45, 7) is 8.08. The van der Waals surface area contributed by atoms with Gasteiger partial charge in [-0.1, -0.05) is 50.2 Å². The number of pyridine rings is 1. The zero-order valence-electron chi connectivity index (χ0n) is 15.7. The molecule has 4 heteroatoms. The topological polar surface area (TPSA) is 51.1 Å². The van der Waals surface area contributed by atoms with E-state index in [4.69, 9.17) is 0 Å². The van der Waals surface area contributed by atoms with Gasteiger partial charge in [0.05, 0.1) is 5.52 Å². The molecule has 1 amide bonds. The van der Waals surface area contributed by atoms with Gasteiger partial charge in [0.2, 0.25) is 5.91 Å². The van der Waals surface area contributed by atoms with Gasteiger partial charge in [-0.3, -0.25) is 14.2 Å². The highest BCUT2D eigenvalue weighted by molar-refractivity contribution is 5.93. The third kappa shape index (κ3) is 3.40. The molecule has 0 aliphatic heterocycles. The average molecular weight is 348 g/mol. The normalized spacial score (nSPS) is 11.1. The second-order valence-electron chi connectivity index (χ2n) is 7.01. The molecular formula is C22H24N2O2. The third-order valence-electron chi connectivity index (χ3n) is 4.72. The maximum absolute atomic E-state index is 12.7. The Labute approximate surface area is 153 Å². The fraction of sp³-hybridized carbons (Fsp3) is 0.273. The lowest BCUT2D eigenvalue weighted by atomic mass is 9.98. The number of nitrogens with one attached hydrogen (secondary N) is 1. The predicted octanol–water partition coefficient (Wildman–Crippen LogP) is 4.38. The van der Waals surface area contributed by atoms with Crippen LogP contribution >= 0.6 is 0 Å². The van der Waals surface area contributed by atoms with E-state index in [-0.39, 0.29) is 18.0 Å². The minimum Gasteiger partial charge on any atom is -0.324 e. The average Bonchev–Trinajstić information content (AvgIpc) is 2.60. The van der Waals surface area contributed by atoms with Crippen LogP contribution in [-0.4, -0.2) is 10.5 Å². The molecule has 0 radical (unpaired) electrons. The van der Waals surface area contributed by atoms with Crippen LogP contribution in [-0.2, 0) is 11.3 Å². The molecule has 0 saturated heterocycles. The summed E-state index contributed by atoms with van der Waals surface area (Å²) >= 11 is 0. The number of aromatic nitrogens is 1. The van der Waals surface area contributed by atoms with Gasteiger partial charge in [0.15, 0.2) is 0 Å². The van der Waals surface area contributed by atoms with Crippen molar-refractivity contribution >= 4 is 22.5 Å². The molecule has 26 heavy (non-hydrogen) atoms. The molecule has 0 fully saturated rings. The number of carbonyl (C=O) groups excluding carboxylic acids is 1. The van der Waals surface area contributed by atoms with Gasteiger partial charge in [-0.25, -0.2) is 0 Å². The van der Waals surface area contributed by atoms with E-state index in [0.29, 0.717) is 5.92 Å². The van der Waals surface area contributed by atoms with Crippen LogP contribution < -0.4 is 10.9 Å². The van der Waals surface area contributed by atoms with Gasteiger partial charge in [0.25, 0.3) is 5.56 Å². The van der Waals surface area contributed by atoms with Gasteiger partial charge >= 0.3 is 0 Å². The van der Waals surface area contributed by atoms with Gasteiger partial charge in [0, 0.05) is 17.1 Å². The fourth-order valence-corrected chi connectivity index (χ4v) is 3.33. The van der Waals surface area contributed by atoms with Crippen LogP contribution in [0.2, 0.25) is 0 Å². The SMILES string of the molecule is Cc1cccc(C(C)C)c1NC(=O)Cn1c(=O)cc(C)c2ccccc21. The summed E-state index contributed by atoms with van der Waals surface area (Å²) in [4.78, 5) is 25.2. The molecule has 0 aliphatic carbocycles. The minimum absolute atomic E-state index is 0.00844. The standard InChI is InChI=1S/C22H24N2O2/c1-14(2)17-10-7-8-15(3)22(17)23-20(25)13-24-19-11-6-5-9-18(19)16(4)12-21(24)26/h5-12,14H,13H2,1-4H3,(H,23,25). The first-order valence-corrected chi connectivity index (χ1v) is 8.87. The highest BCUT2D eigenvalue weighted by atomic mass is 16.2. The number of hydrogen-bond acceptors (Lipinski definition) is 2. The molecule has 3 rings (SSSR count). The quantitative estimate of drug-likeness (QED) is 0.761. The molecule has 2 aromatic carbocycles. The van der Waals surface area contributed by atoms with E-state index in [1.807, 2.05) is 56.3 Å². The first-order chi connectivity index (χ1) is 12.4. The van der Waals surface area contributed by atoms with Crippen LogP contribution in [0.1, 0.15) is 36.5 Å². The van der Waals surface area contributed by atoms with Gasteiger partial charge in [-0.15, -0.1) is 0 Å². The van der Waals surface area contributed by atoms with Crippen LogP contribution in [0.5, 0.6) is 0 Å². The summed E-state index contributed by atoms with van der Waals surface area (Å²) in [5, 5.41) is 4.00. The zero-order valence-corrected chi connectivity index (χ0v) is 15.7. The first-order valence-electron chi connectivity index (χ1n) is 8.87. The summed E-state index contributed by atoms with van der Waals surface area (Å²) in [5.41, 5.74) is 4.50. The lowest BCUT2D eigenvalue weighted by molar-refractivity contribution is -0.116. The van der Waals surface area contributed by atoms with Crippen molar-refractivity contribution in [2.24, 2.45) is 0 Å². The first kappa shape index (κ1) is 17.9. The van der Waals surface area contributed by atoms with Crippen molar-refractivity contribution in [2.75, 3.05) is 5.32 Å². The minimum atomic E-state index is -0.197. The molecule has 1 aromatic heterocycles. The second kappa shape index (κ2) is 7.16. The Morgan fingerprint density at radius 3 is 2.50 bits per heavy atom. The molecule has 4 nitrogen and oxygen atoms in total. The number of nitrogens with zero attached hydrogens (tertiary/aromatic N) is 1. The summed E-state index contributed by atoms with van der Waals surface area (Å²) in [6, 6.07) is 15.3. The highest BCUT2D eigenvalue weighted by Crippen LogP contribution is 2.27. The number of amides is 1.